The number of aryl methyl sites for hydroxylation is 1. The van der Waals surface area contributed by atoms with Gasteiger partial charge in [-0.25, -0.2) is 9.86 Å². The molecule has 1 fully saturated rings. The Morgan fingerprint density at radius 1 is 1.57 bits per heavy atom. The van der Waals surface area contributed by atoms with Crippen molar-refractivity contribution >= 4 is 16.1 Å². The lowest BCUT2D eigenvalue weighted by molar-refractivity contribution is 0.0674. The van der Waals surface area contributed by atoms with E-state index in [1.54, 1.807) is 11.0 Å². The molecule has 0 aromatic carbocycles. The van der Waals surface area contributed by atoms with Gasteiger partial charge in [0.1, 0.15) is 5.76 Å². The van der Waals surface area contributed by atoms with Crippen molar-refractivity contribution in [3.8, 4) is 0 Å². The minimum absolute atomic E-state index is 0.0547. The first-order chi connectivity index (χ1) is 9.90. The molecule has 0 saturated carbocycles. The van der Waals surface area contributed by atoms with Crippen molar-refractivity contribution in [2.24, 2.45) is 11.1 Å². The van der Waals surface area contributed by atoms with Crippen LogP contribution in [0.4, 0.5) is 0 Å². The SMILES string of the molecule is CCc1occc1C(=O)N1CCCC(CNS(N)(=O)=O)C1. The number of carbonyl (C=O) groups excluding carboxylic acids is 1. The number of likely N-dealkylation sites (tertiary alicyclic amines) is 1. The summed E-state index contributed by atoms with van der Waals surface area (Å²) in [5, 5.41) is 4.93. The number of nitrogens with zero attached hydrogens (tertiary/aromatic N) is 1. The Bertz CT molecular complexity index is 596. The van der Waals surface area contributed by atoms with Gasteiger partial charge in [-0.05, 0) is 24.8 Å². The Morgan fingerprint density at radius 2 is 2.33 bits per heavy atom. The second-order valence-electron chi connectivity index (χ2n) is 5.26. The molecular weight excluding hydrogens is 294 g/mol. The predicted octanol–water partition coefficient (Wildman–Crippen LogP) is 0.487. The Hall–Kier alpha value is -1.38. The molecule has 1 amide bonds. The zero-order valence-corrected chi connectivity index (χ0v) is 12.9. The maximum absolute atomic E-state index is 12.5. The first kappa shape index (κ1) is 16.0. The molecule has 0 spiro atoms. The van der Waals surface area contributed by atoms with Crippen LogP contribution in [-0.4, -0.2) is 38.9 Å². The summed E-state index contributed by atoms with van der Waals surface area (Å²) < 4.78 is 29.5. The van der Waals surface area contributed by atoms with Crippen LogP contribution in [-0.2, 0) is 16.6 Å². The average Bonchev–Trinajstić information content (AvgIpc) is 2.92. The molecule has 1 aliphatic heterocycles. The van der Waals surface area contributed by atoms with Crippen LogP contribution in [0.2, 0.25) is 0 Å². The number of nitrogens with two attached hydrogens (primary N) is 1. The second-order valence-corrected chi connectivity index (χ2v) is 6.64. The number of hydrogen-bond donors (Lipinski definition) is 2. The van der Waals surface area contributed by atoms with Crippen molar-refractivity contribution in [1.82, 2.24) is 9.62 Å². The summed E-state index contributed by atoms with van der Waals surface area (Å²) in [7, 11) is -3.68. The van der Waals surface area contributed by atoms with Crippen molar-refractivity contribution in [3.63, 3.8) is 0 Å². The fraction of sp³-hybridized carbons (Fsp3) is 0.615. The minimum atomic E-state index is -3.68. The zero-order valence-electron chi connectivity index (χ0n) is 12.0. The minimum Gasteiger partial charge on any atom is -0.469 e. The molecule has 1 aromatic rings. The fourth-order valence-electron chi connectivity index (χ4n) is 2.63. The molecule has 8 heteroatoms. The van der Waals surface area contributed by atoms with Gasteiger partial charge in [0.05, 0.1) is 11.8 Å². The van der Waals surface area contributed by atoms with Crippen molar-refractivity contribution in [2.75, 3.05) is 19.6 Å². The van der Waals surface area contributed by atoms with Gasteiger partial charge in [-0.15, -0.1) is 0 Å². The molecule has 0 aliphatic carbocycles. The van der Waals surface area contributed by atoms with Crippen LogP contribution in [0.3, 0.4) is 0 Å². The van der Waals surface area contributed by atoms with Crippen molar-refractivity contribution in [2.45, 2.75) is 26.2 Å². The number of carbonyl (C=O) groups is 1. The lowest BCUT2D eigenvalue weighted by Crippen LogP contribution is -2.44. The highest BCUT2D eigenvalue weighted by molar-refractivity contribution is 7.87. The summed E-state index contributed by atoms with van der Waals surface area (Å²) in [4.78, 5) is 14.2. The van der Waals surface area contributed by atoms with Gasteiger partial charge < -0.3 is 9.32 Å². The number of piperidine rings is 1. The highest BCUT2D eigenvalue weighted by Gasteiger charge is 2.26. The van der Waals surface area contributed by atoms with Crippen molar-refractivity contribution in [3.05, 3.63) is 23.7 Å². The standard InChI is InChI=1S/C13H21N3O4S/c1-2-12-11(5-7-20-12)13(17)16-6-3-4-10(9-16)8-15-21(14,18)19/h5,7,10,15H,2-4,6,8-9H2,1H3,(H2,14,18,19). The van der Waals surface area contributed by atoms with Gasteiger partial charge in [-0.2, -0.15) is 8.42 Å². The van der Waals surface area contributed by atoms with E-state index in [0.717, 1.165) is 12.8 Å². The van der Waals surface area contributed by atoms with Gasteiger partial charge in [-0.1, -0.05) is 6.92 Å². The van der Waals surface area contributed by atoms with E-state index in [1.807, 2.05) is 6.92 Å². The van der Waals surface area contributed by atoms with Gasteiger partial charge >= 0.3 is 0 Å². The molecule has 0 bridgehead atoms. The normalized spacial score (nSPS) is 19.7. The van der Waals surface area contributed by atoms with E-state index < -0.39 is 10.2 Å². The molecule has 21 heavy (non-hydrogen) atoms. The van der Waals surface area contributed by atoms with E-state index in [4.69, 9.17) is 9.56 Å². The summed E-state index contributed by atoms with van der Waals surface area (Å²) in [5.41, 5.74) is 0.595. The second kappa shape index (κ2) is 6.59. The van der Waals surface area contributed by atoms with Crippen LogP contribution < -0.4 is 9.86 Å². The number of amides is 1. The first-order valence-corrected chi connectivity index (χ1v) is 8.58. The van der Waals surface area contributed by atoms with Gasteiger partial charge in [0, 0.05) is 26.1 Å². The lowest BCUT2D eigenvalue weighted by Gasteiger charge is -2.32. The van der Waals surface area contributed by atoms with E-state index in [0.29, 0.717) is 30.8 Å². The van der Waals surface area contributed by atoms with Crippen LogP contribution in [0, 0.1) is 5.92 Å². The Balaban J connectivity index is 1.99. The van der Waals surface area contributed by atoms with Gasteiger partial charge in [0.2, 0.25) is 0 Å². The summed E-state index contributed by atoms with van der Waals surface area (Å²) in [6, 6.07) is 1.69. The van der Waals surface area contributed by atoms with Crippen LogP contribution in [0.1, 0.15) is 35.9 Å². The van der Waals surface area contributed by atoms with E-state index >= 15 is 0 Å². The molecule has 1 aromatic heterocycles. The van der Waals surface area contributed by atoms with Gasteiger partial charge in [0.25, 0.3) is 16.1 Å². The molecule has 3 N–H and O–H groups in total. The topological polar surface area (TPSA) is 106 Å². The Labute approximate surface area is 124 Å². The molecule has 2 heterocycles. The molecule has 0 radical (unpaired) electrons. The Morgan fingerprint density at radius 3 is 3.00 bits per heavy atom. The average molecular weight is 315 g/mol. The van der Waals surface area contributed by atoms with Crippen LogP contribution in [0.15, 0.2) is 16.7 Å². The summed E-state index contributed by atoms with van der Waals surface area (Å²) in [6.07, 6.45) is 3.91. The van der Waals surface area contributed by atoms with Crippen molar-refractivity contribution < 1.29 is 17.6 Å². The molecule has 1 saturated heterocycles. The summed E-state index contributed by atoms with van der Waals surface area (Å²) >= 11 is 0. The van der Waals surface area contributed by atoms with E-state index in [-0.39, 0.29) is 18.4 Å². The third-order valence-electron chi connectivity index (χ3n) is 3.68. The van der Waals surface area contributed by atoms with E-state index in [1.165, 1.54) is 6.26 Å². The monoisotopic (exact) mass is 315 g/mol. The molecule has 118 valence electrons. The Kier molecular flexibility index (Phi) is 5.02. The molecular formula is C13H21N3O4S. The molecule has 1 atom stereocenters. The first-order valence-electron chi connectivity index (χ1n) is 7.03. The fourth-order valence-corrected chi connectivity index (χ4v) is 3.09. The predicted molar refractivity (Wildman–Crippen MR) is 77.8 cm³/mol. The maximum atomic E-state index is 12.5. The number of furan rings is 1. The zero-order chi connectivity index (χ0) is 15.5. The smallest absolute Gasteiger partial charge is 0.274 e. The largest absolute Gasteiger partial charge is 0.469 e. The van der Waals surface area contributed by atoms with Crippen LogP contribution in [0.5, 0.6) is 0 Å². The highest BCUT2D eigenvalue weighted by atomic mass is 32.2. The maximum Gasteiger partial charge on any atom is 0.274 e. The quantitative estimate of drug-likeness (QED) is 0.824. The van der Waals surface area contributed by atoms with Crippen LogP contribution >= 0.6 is 0 Å². The molecule has 7 nitrogen and oxygen atoms in total. The number of hydrogen-bond acceptors (Lipinski definition) is 4. The summed E-state index contributed by atoms with van der Waals surface area (Å²) in [6.45, 7) is 3.40. The third-order valence-corrected chi connectivity index (χ3v) is 4.25. The molecule has 1 aliphatic rings. The van der Waals surface area contributed by atoms with E-state index in [2.05, 4.69) is 4.72 Å². The van der Waals surface area contributed by atoms with Crippen LogP contribution in [0.25, 0.3) is 0 Å². The molecule has 1 unspecified atom stereocenters. The number of rotatable bonds is 5. The van der Waals surface area contributed by atoms with Gasteiger partial charge in [0.15, 0.2) is 0 Å². The lowest BCUT2D eigenvalue weighted by atomic mass is 9.97. The van der Waals surface area contributed by atoms with Gasteiger partial charge in [-0.3, -0.25) is 4.79 Å². The highest BCUT2D eigenvalue weighted by Crippen LogP contribution is 2.20. The van der Waals surface area contributed by atoms with E-state index in [9.17, 15) is 13.2 Å². The molecule has 2 rings (SSSR count). The van der Waals surface area contributed by atoms with Crippen molar-refractivity contribution in [1.29, 1.82) is 0 Å². The summed E-state index contributed by atoms with van der Waals surface area (Å²) in [5.74, 6) is 0.712. The third kappa shape index (κ3) is 4.29. The number of nitrogens with one attached hydrogen (secondary N) is 1.